The standard InChI is InChI=1S/C26H31N5O5/c1-17(32)18-5-4-6-19(15-18)27-25(34)28-20-7-8-23-22(16-20)24(33)30(13-14-36-3)26(35)31(23)21-9-11-29(2)12-10-21/h4-8,15-16,21H,9-14H2,1-3H3,(H2,27,28,34). The highest BCUT2D eigenvalue weighted by Crippen LogP contribution is 2.25. The van der Waals surface area contributed by atoms with Gasteiger partial charge in [-0.2, -0.15) is 0 Å². The van der Waals surface area contributed by atoms with Crippen LogP contribution in [0.3, 0.4) is 0 Å². The first-order valence-electron chi connectivity index (χ1n) is 11.9. The van der Waals surface area contributed by atoms with Crippen molar-refractivity contribution in [2.45, 2.75) is 32.4 Å². The summed E-state index contributed by atoms with van der Waals surface area (Å²) >= 11 is 0. The maximum Gasteiger partial charge on any atom is 0.331 e. The minimum atomic E-state index is -0.515. The Labute approximate surface area is 208 Å². The summed E-state index contributed by atoms with van der Waals surface area (Å²) in [5.74, 6) is -0.103. The van der Waals surface area contributed by atoms with Crippen molar-refractivity contribution in [2.75, 3.05) is 44.5 Å². The summed E-state index contributed by atoms with van der Waals surface area (Å²) in [4.78, 5) is 53.1. The van der Waals surface area contributed by atoms with E-state index in [1.165, 1.54) is 18.6 Å². The number of rotatable bonds is 7. The second kappa shape index (κ2) is 10.9. The van der Waals surface area contributed by atoms with Crippen LogP contribution in [0.5, 0.6) is 0 Å². The van der Waals surface area contributed by atoms with E-state index in [4.69, 9.17) is 4.74 Å². The number of aromatic nitrogens is 2. The zero-order valence-electron chi connectivity index (χ0n) is 20.7. The Morgan fingerprint density at radius 2 is 1.72 bits per heavy atom. The van der Waals surface area contributed by atoms with Crippen LogP contribution in [0.25, 0.3) is 10.9 Å². The lowest BCUT2D eigenvalue weighted by atomic mass is 10.0. The number of carbonyl (C=O) groups is 2. The van der Waals surface area contributed by atoms with Gasteiger partial charge in [0.2, 0.25) is 0 Å². The molecule has 190 valence electrons. The van der Waals surface area contributed by atoms with Crippen LogP contribution in [-0.4, -0.2) is 59.7 Å². The van der Waals surface area contributed by atoms with Crippen molar-refractivity contribution in [1.29, 1.82) is 0 Å². The Balaban J connectivity index is 1.68. The third-order valence-corrected chi connectivity index (χ3v) is 6.53. The molecule has 10 nitrogen and oxygen atoms in total. The number of nitrogens with zero attached hydrogens (tertiary/aromatic N) is 3. The van der Waals surface area contributed by atoms with Crippen LogP contribution in [0.1, 0.15) is 36.2 Å². The first-order chi connectivity index (χ1) is 17.3. The number of fused-ring (bicyclic) bond motifs is 1. The Morgan fingerprint density at radius 3 is 2.39 bits per heavy atom. The van der Waals surface area contributed by atoms with Crippen molar-refractivity contribution in [3.8, 4) is 0 Å². The molecule has 2 N–H and O–H groups in total. The molecule has 0 atom stereocenters. The Bertz CT molecular complexity index is 1400. The number of amides is 2. The van der Waals surface area contributed by atoms with Crippen molar-refractivity contribution < 1.29 is 14.3 Å². The number of urea groups is 1. The fourth-order valence-corrected chi connectivity index (χ4v) is 4.56. The summed E-state index contributed by atoms with van der Waals surface area (Å²) in [5.41, 5.74) is 1.15. The number of piperidine rings is 1. The number of nitrogens with one attached hydrogen (secondary N) is 2. The summed E-state index contributed by atoms with van der Waals surface area (Å²) in [6, 6.07) is 11.1. The lowest BCUT2D eigenvalue weighted by Gasteiger charge is -2.31. The van der Waals surface area contributed by atoms with Gasteiger partial charge in [-0.15, -0.1) is 0 Å². The lowest BCUT2D eigenvalue weighted by Crippen LogP contribution is -2.44. The largest absolute Gasteiger partial charge is 0.383 e. The van der Waals surface area contributed by atoms with Crippen molar-refractivity contribution in [1.82, 2.24) is 14.0 Å². The van der Waals surface area contributed by atoms with E-state index in [1.54, 1.807) is 47.0 Å². The minimum Gasteiger partial charge on any atom is -0.383 e. The highest BCUT2D eigenvalue weighted by molar-refractivity contribution is 6.02. The Hall–Kier alpha value is -3.76. The predicted octanol–water partition coefficient (Wildman–Crippen LogP) is 2.92. The molecule has 1 aliphatic rings. The first kappa shape index (κ1) is 25.3. The summed E-state index contributed by atoms with van der Waals surface area (Å²) in [7, 11) is 3.57. The molecule has 0 saturated carbocycles. The van der Waals surface area contributed by atoms with Crippen LogP contribution in [0, 0.1) is 0 Å². The molecule has 0 spiro atoms. The molecule has 10 heteroatoms. The number of ketones is 1. The van der Waals surface area contributed by atoms with E-state index in [1.807, 2.05) is 0 Å². The fourth-order valence-electron chi connectivity index (χ4n) is 4.56. The second-order valence-electron chi connectivity index (χ2n) is 9.08. The monoisotopic (exact) mass is 493 g/mol. The fraction of sp³-hybridized carbons (Fsp3) is 0.385. The molecule has 2 heterocycles. The van der Waals surface area contributed by atoms with Gasteiger partial charge in [-0.3, -0.25) is 18.7 Å². The van der Waals surface area contributed by atoms with Crippen molar-refractivity contribution in [3.05, 3.63) is 68.9 Å². The van der Waals surface area contributed by atoms with E-state index in [0.29, 0.717) is 27.8 Å². The lowest BCUT2D eigenvalue weighted by molar-refractivity contribution is 0.101. The molecule has 4 rings (SSSR count). The quantitative estimate of drug-likeness (QED) is 0.489. The van der Waals surface area contributed by atoms with Gasteiger partial charge in [0.25, 0.3) is 5.56 Å². The van der Waals surface area contributed by atoms with Gasteiger partial charge in [-0.05, 0) is 70.2 Å². The molecule has 0 aliphatic carbocycles. The summed E-state index contributed by atoms with van der Waals surface area (Å²) in [6.45, 7) is 3.55. The molecule has 3 aromatic rings. The number of Topliss-reactive ketones (excluding diaryl/α,β-unsaturated/α-hetero) is 1. The number of ether oxygens (including phenoxy) is 1. The molecule has 0 bridgehead atoms. The van der Waals surface area contributed by atoms with Gasteiger partial charge in [-0.25, -0.2) is 9.59 Å². The van der Waals surface area contributed by atoms with Gasteiger partial charge in [-0.1, -0.05) is 12.1 Å². The van der Waals surface area contributed by atoms with Crippen molar-refractivity contribution in [3.63, 3.8) is 0 Å². The normalized spacial score (nSPS) is 14.6. The van der Waals surface area contributed by atoms with Crippen LogP contribution in [0.2, 0.25) is 0 Å². The molecule has 2 amide bonds. The van der Waals surface area contributed by atoms with Crippen LogP contribution < -0.4 is 21.9 Å². The molecule has 1 saturated heterocycles. The second-order valence-corrected chi connectivity index (χ2v) is 9.08. The van der Waals surface area contributed by atoms with Gasteiger partial charge < -0.3 is 20.3 Å². The van der Waals surface area contributed by atoms with Gasteiger partial charge in [0.1, 0.15) is 0 Å². The molecule has 1 fully saturated rings. The SMILES string of the molecule is COCCn1c(=O)c2cc(NC(=O)Nc3cccc(C(C)=O)c3)ccc2n(C2CCN(C)CC2)c1=O. The molecule has 0 unspecified atom stereocenters. The molecule has 1 aliphatic heterocycles. The van der Waals surface area contributed by atoms with E-state index in [0.717, 1.165) is 25.9 Å². The number of hydrogen-bond acceptors (Lipinski definition) is 6. The maximum absolute atomic E-state index is 13.4. The number of anilines is 2. The van der Waals surface area contributed by atoms with Gasteiger partial charge >= 0.3 is 11.7 Å². The average molecular weight is 494 g/mol. The summed E-state index contributed by atoms with van der Waals surface area (Å²) in [6.07, 6.45) is 1.60. The topological polar surface area (TPSA) is 115 Å². The van der Waals surface area contributed by atoms with E-state index in [2.05, 4.69) is 22.6 Å². The van der Waals surface area contributed by atoms with Gasteiger partial charge in [0.15, 0.2) is 5.78 Å². The van der Waals surface area contributed by atoms with E-state index >= 15 is 0 Å². The number of carbonyl (C=O) groups excluding carboxylic acids is 2. The summed E-state index contributed by atoms with van der Waals surface area (Å²) < 4.78 is 8.05. The van der Waals surface area contributed by atoms with Crippen molar-refractivity contribution >= 4 is 34.1 Å². The van der Waals surface area contributed by atoms with Crippen molar-refractivity contribution in [2.24, 2.45) is 0 Å². The smallest absolute Gasteiger partial charge is 0.331 e. The van der Waals surface area contributed by atoms with Crippen LogP contribution in [-0.2, 0) is 11.3 Å². The van der Waals surface area contributed by atoms with Gasteiger partial charge in [0, 0.05) is 30.1 Å². The third-order valence-electron chi connectivity index (χ3n) is 6.53. The number of likely N-dealkylation sites (tertiary alicyclic amines) is 1. The highest BCUT2D eigenvalue weighted by atomic mass is 16.5. The van der Waals surface area contributed by atoms with Crippen LogP contribution in [0.15, 0.2) is 52.1 Å². The van der Waals surface area contributed by atoms with Gasteiger partial charge in [0.05, 0.1) is 24.1 Å². The molecule has 1 aromatic heterocycles. The Morgan fingerprint density at radius 1 is 1.03 bits per heavy atom. The molecule has 0 radical (unpaired) electrons. The highest BCUT2D eigenvalue weighted by Gasteiger charge is 2.24. The number of benzene rings is 2. The predicted molar refractivity (Wildman–Crippen MR) is 139 cm³/mol. The molecular weight excluding hydrogens is 462 g/mol. The summed E-state index contributed by atoms with van der Waals surface area (Å²) in [5, 5.41) is 5.79. The van der Waals surface area contributed by atoms with E-state index < -0.39 is 11.6 Å². The molecule has 36 heavy (non-hydrogen) atoms. The van der Waals surface area contributed by atoms with E-state index in [9.17, 15) is 19.2 Å². The molecular formula is C26H31N5O5. The maximum atomic E-state index is 13.4. The third kappa shape index (κ3) is 5.39. The number of hydrogen-bond donors (Lipinski definition) is 2. The number of methoxy groups -OCH3 is 1. The first-order valence-corrected chi connectivity index (χ1v) is 11.9. The minimum absolute atomic E-state index is 0.0266. The van der Waals surface area contributed by atoms with Crippen LogP contribution in [0.4, 0.5) is 16.2 Å². The van der Waals surface area contributed by atoms with Crippen LogP contribution >= 0.6 is 0 Å². The Kier molecular flexibility index (Phi) is 7.66. The molecule has 2 aromatic carbocycles. The average Bonchev–Trinajstić information content (AvgIpc) is 2.85. The zero-order chi connectivity index (χ0) is 25.8. The van der Waals surface area contributed by atoms with E-state index in [-0.39, 0.29) is 30.7 Å². The zero-order valence-corrected chi connectivity index (χ0v) is 20.7.